The van der Waals surface area contributed by atoms with Gasteiger partial charge in [0.05, 0.1) is 0 Å². The Kier molecular flexibility index (Phi) is 4.59. The summed E-state index contributed by atoms with van der Waals surface area (Å²) < 4.78 is 0. The minimum Gasteiger partial charge on any atom is -0.366 e. The highest BCUT2D eigenvalue weighted by molar-refractivity contribution is 5.94. The number of rotatable bonds is 6. The van der Waals surface area contributed by atoms with Crippen LogP contribution in [0.5, 0.6) is 0 Å². The second-order valence-electron chi connectivity index (χ2n) is 5.69. The van der Waals surface area contributed by atoms with Gasteiger partial charge in [0.2, 0.25) is 5.91 Å². The number of hydrogen-bond donors (Lipinski definition) is 2. The van der Waals surface area contributed by atoms with E-state index in [9.17, 15) is 4.79 Å². The molecule has 0 atom stereocenters. The van der Waals surface area contributed by atoms with Gasteiger partial charge >= 0.3 is 0 Å². The molecule has 3 heteroatoms. The topological polar surface area (TPSA) is 55.1 Å². The molecule has 0 saturated heterocycles. The molecular formula is C16H24N2O. The maximum atomic E-state index is 11.4. The van der Waals surface area contributed by atoms with Crippen LogP contribution < -0.4 is 11.1 Å². The lowest BCUT2D eigenvalue weighted by Crippen LogP contribution is -2.31. The van der Waals surface area contributed by atoms with Crippen molar-refractivity contribution in [3.05, 3.63) is 35.4 Å². The molecule has 2 rings (SSSR count). The Morgan fingerprint density at radius 3 is 2.63 bits per heavy atom. The van der Waals surface area contributed by atoms with Crippen LogP contribution >= 0.6 is 0 Å². The molecule has 1 fully saturated rings. The van der Waals surface area contributed by atoms with Crippen LogP contribution in [0, 0.1) is 5.41 Å². The third-order valence-electron chi connectivity index (χ3n) is 4.51. The molecular weight excluding hydrogens is 236 g/mol. The number of primary amides is 1. The number of hydrogen-bond acceptors (Lipinski definition) is 2. The van der Waals surface area contributed by atoms with Gasteiger partial charge in [0.25, 0.3) is 0 Å². The molecule has 1 saturated carbocycles. The standard InChI is InChI=1S/C16H24N2O/c1-2-16(9-5-6-10-16)12-18-11-13-7-3-4-8-14(13)15(17)19/h3-4,7-8,18H,2,5-6,9-12H2,1H3,(H2,17,19). The third kappa shape index (κ3) is 3.35. The zero-order chi connectivity index (χ0) is 13.7. The molecule has 0 heterocycles. The lowest BCUT2D eigenvalue weighted by Gasteiger charge is -2.28. The van der Waals surface area contributed by atoms with Gasteiger partial charge in [-0.25, -0.2) is 0 Å². The number of amides is 1. The van der Waals surface area contributed by atoms with E-state index < -0.39 is 0 Å². The van der Waals surface area contributed by atoms with Crippen molar-refractivity contribution in [3.63, 3.8) is 0 Å². The molecule has 1 aliphatic carbocycles. The van der Waals surface area contributed by atoms with Gasteiger partial charge in [-0.05, 0) is 36.3 Å². The van der Waals surface area contributed by atoms with Crippen molar-refractivity contribution in [1.82, 2.24) is 5.32 Å². The fourth-order valence-corrected chi connectivity index (χ4v) is 3.16. The zero-order valence-electron chi connectivity index (χ0n) is 11.7. The summed E-state index contributed by atoms with van der Waals surface area (Å²) in [4.78, 5) is 11.4. The van der Waals surface area contributed by atoms with Gasteiger partial charge in [-0.1, -0.05) is 38.0 Å². The van der Waals surface area contributed by atoms with E-state index in [-0.39, 0.29) is 5.91 Å². The average molecular weight is 260 g/mol. The Bertz CT molecular complexity index is 436. The number of nitrogens with one attached hydrogen (secondary N) is 1. The number of carbonyl (C=O) groups is 1. The van der Waals surface area contributed by atoms with E-state index in [0.717, 1.165) is 18.7 Å². The predicted molar refractivity (Wildman–Crippen MR) is 77.9 cm³/mol. The van der Waals surface area contributed by atoms with E-state index >= 15 is 0 Å². The highest BCUT2D eigenvalue weighted by Crippen LogP contribution is 2.40. The Labute approximate surface area is 115 Å². The van der Waals surface area contributed by atoms with Crippen molar-refractivity contribution >= 4 is 5.91 Å². The van der Waals surface area contributed by atoms with E-state index in [1.54, 1.807) is 6.07 Å². The summed E-state index contributed by atoms with van der Waals surface area (Å²) in [5, 5.41) is 3.52. The molecule has 0 bridgehead atoms. The molecule has 0 unspecified atom stereocenters. The first-order valence-electron chi connectivity index (χ1n) is 7.25. The molecule has 0 aliphatic heterocycles. The van der Waals surface area contributed by atoms with Crippen molar-refractivity contribution in [3.8, 4) is 0 Å². The van der Waals surface area contributed by atoms with Crippen molar-refractivity contribution in [1.29, 1.82) is 0 Å². The lowest BCUT2D eigenvalue weighted by molar-refractivity contribution is 0.0999. The largest absolute Gasteiger partial charge is 0.366 e. The fraction of sp³-hybridized carbons (Fsp3) is 0.562. The highest BCUT2D eigenvalue weighted by atomic mass is 16.1. The minimum atomic E-state index is -0.344. The second kappa shape index (κ2) is 6.20. The zero-order valence-corrected chi connectivity index (χ0v) is 11.7. The molecule has 3 nitrogen and oxygen atoms in total. The molecule has 0 aromatic heterocycles. The predicted octanol–water partition coefficient (Wildman–Crippen LogP) is 2.85. The summed E-state index contributed by atoms with van der Waals surface area (Å²) >= 11 is 0. The summed E-state index contributed by atoms with van der Waals surface area (Å²) in [6.45, 7) is 4.04. The van der Waals surface area contributed by atoms with Gasteiger partial charge < -0.3 is 11.1 Å². The molecule has 1 aromatic carbocycles. The van der Waals surface area contributed by atoms with Crippen LogP contribution in [0.15, 0.2) is 24.3 Å². The Morgan fingerprint density at radius 2 is 2.00 bits per heavy atom. The summed E-state index contributed by atoms with van der Waals surface area (Å²) in [6, 6.07) is 7.58. The first-order valence-corrected chi connectivity index (χ1v) is 7.25. The quantitative estimate of drug-likeness (QED) is 0.826. The first-order chi connectivity index (χ1) is 9.17. The molecule has 0 radical (unpaired) electrons. The van der Waals surface area contributed by atoms with Gasteiger partial charge in [-0.3, -0.25) is 4.79 Å². The van der Waals surface area contributed by atoms with Crippen LogP contribution in [0.1, 0.15) is 54.9 Å². The van der Waals surface area contributed by atoms with Gasteiger partial charge in [-0.2, -0.15) is 0 Å². The van der Waals surface area contributed by atoms with Crippen molar-refractivity contribution in [2.75, 3.05) is 6.54 Å². The van der Waals surface area contributed by atoms with Crippen LogP contribution in [-0.4, -0.2) is 12.5 Å². The molecule has 1 amide bonds. The molecule has 1 aliphatic rings. The molecule has 1 aromatic rings. The monoisotopic (exact) mass is 260 g/mol. The maximum Gasteiger partial charge on any atom is 0.249 e. The second-order valence-corrected chi connectivity index (χ2v) is 5.69. The van der Waals surface area contributed by atoms with E-state index in [4.69, 9.17) is 5.73 Å². The Hall–Kier alpha value is -1.35. The van der Waals surface area contributed by atoms with E-state index in [1.165, 1.54) is 32.1 Å². The Balaban J connectivity index is 1.94. The van der Waals surface area contributed by atoms with Crippen molar-refractivity contribution < 1.29 is 4.79 Å². The number of benzene rings is 1. The van der Waals surface area contributed by atoms with E-state index in [1.807, 2.05) is 18.2 Å². The smallest absolute Gasteiger partial charge is 0.249 e. The highest BCUT2D eigenvalue weighted by Gasteiger charge is 2.31. The van der Waals surface area contributed by atoms with Crippen LogP contribution in [0.2, 0.25) is 0 Å². The van der Waals surface area contributed by atoms with Crippen LogP contribution in [0.25, 0.3) is 0 Å². The average Bonchev–Trinajstić information content (AvgIpc) is 2.88. The summed E-state index contributed by atoms with van der Waals surface area (Å²) in [5.74, 6) is -0.344. The van der Waals surface area contributed by atoms with E-state index in [0.29, 0.717) is 11.0 Å². The molecule has 3 N–H and O–H groups in total. The van der Waals surface area contributed by atoms with Gasteiger partial charge in [-0.15, -0.1) is 0 Å². The first kappa shape index (κ1) is 14.1. The summed E-state index contributed by atoms with van der Waals surface area (Å²) in [5.41, 5.74) is 7.50. The molecule has 0 spiro atoms. The minimum absolute atomic E-state index is 0.344. The lowest BCUT2D eigenvalue weighted by atomic mass is 9.83. The summed E-state index contributed by atoms with van der Waals surface area (Å²) in [7, 11) is 0. The number of carbonyl (C=O) groups excluding carboxylic acids is 1. The van der Waals surface area contributed by atoms with Crippen molar-refractivity contribution in [2.24, 2.45) is 11.1 Å². The summed E-state index contributed by atoms with van der Waals surface area (Å²) in [6.07, 6.45) is 6.60. The van der Waals surface area contributed by atoms with Crippen molar-refractivity contribution in [2.45, 2.75) is 45.6 Å². The van der Waals surface area contributed by atoms with Crippen LogP contribution in [0.4, 0.5) is 0 Å². The fourth-order valence-electron chi connectivity index (χ4n) is 3.16. The molecule has 19 heavy (non-hydrogen) atoms. The van der Waals surface area contributed by atoms with Gasteiger partial charge in [0.15, 0.2) is 0 Å². The third-order valence-corrected chi connectivity index (χ3v) is 4.51. The van der Waals surface area contributed by atoms with E-state index in [2.05, 4.69) is 12.2 Å². The Morgan fingerprint density at radius 1 is 1.32 bits per heavy atom. The van der Waals surface area contributed by atoms with Crippen LogP contribution in [0.3, 0.4) is 0 Å². The van der Waals surface area contributed by atoms with Gasteiger partial charge in [0.1, 0.15) is 0 Å². The van der Waals surface area contributed by atoms with Crippen LogP contribution in [-0.2, 0) is 6.54 Å². The normalized spacial score (nSPS) is 17.5. The molecule has 104 valence electrons. The SMILES string of the molecule is CCC1(CNCc2ccccc2C(N)=O)CCCC1. The van der Waals surface area contributed by atoms with Gasteiger partial charge in [0, 0.05) is 18.7 Å². The number of nitrogens with two attached hydrogens (primary N) is 1. The maximum absolute atomic E-state index is 11.4.